The van der Waals surface area contributed by atoms with E-state index in [0.29, 0.717) is 18.7 Å². The van der Waals surface area contributed by atoms with Crippen molar-refractivity contribution < 1.29 is 13.2 Å². The SMILES string of the molecule is Cc1ccc(C(=O)NCCN(C2CCCC2)S(C)(=O)=O)cc1C. The first-order chi connectivity index (χ1) is 10.8. The number of hydrogen-bond donors (Lipinski definition) is 1. The largest absolute Gasteiger partial charge is 0.351 e. The first-order valence-electron chi connectivity index (χ1n) is 8.11. The maximum Gasteiger partial charge on any atom is 0.251 e. The number of aryl methyl sites for hydroxylation is 2. The van der Waals surface area contributed by atoms with Gasteiger partial charge >= 0.3 is 0 Å². The van der Waals surface area contributed by atoms with Crippen LogP contribution in [-0.2, 0) is 10.0 Å². The van der Waals surface area contributed by atoms with Crippen molar-refractivity contribution in [2.45, 2.75) is 45.6 Å². The minimum Gasteiger partial charge on any atom is -0.351 e. The third-order valence-electron chi connectivity index (χ3n) is 4.54. The molecule has 0 aromatic heterocycles. The van der Waals surface area contributed by atoms with Crippen LogP contribution in [-0.4, -0.2) is 44.0 Å². The van der Waals surface area contributed by atoms with Gasteiger partial charge in [-0.2, -0.15) is 4.31 Å². The highest BCUT2D eigenvalue weighted by molar-refractivity contribution is 7.88. The summed E-state index contributed by atoms with van der Waals surface area (Å²) in [5, 5.41) is 2.83. The van der Waals surface area contributed by atoms with Crippen molar-refractivity contribution in [3.8, 4) is 0 Å². The lowest BCUT2D eigenvalue weighted by Gasteiger charge is -2.26. The van der Waals surface area contributed by atoms with E-state index in [4.69, 9.17) is 0 Å². The third kappa shape index (κ3) is 4.78. The van der Waals surface area contributed by atoms with E-state index < -0.39 is 10.0 Å². The molecule has 1 saturated carbocycles. The van der Waals surface area contributed by atoms with Gasteiger partial charge in [0.1, 0.15) is 0 Å². The van der Waals surface area contributed by atoms with Gasteiger partial charge in [0.25, 0.3) is 5.91 Å². The smallest absolute Gasteiger partial charge is 0.251 e. The molecular weight excluding hydrogens is 312 g/mol. The summed E-state index contributed by atoms with van der Waals surface area (Å²) in [7, 11) is -3.24. The van der Waals surface area contributed by atoms with Crippen LogP contribution in [0.2, 0.25) is 0 Å². The molecule has 2 rings (SSSR count). The van der Waals surface area contributed by atoms with Crippen LogP contribution in [0.25, 0.3) is 0 Å². The Morgan fingerprint density at radius 2 is 1.87 bits per heavy atom. The van der Waals surface area contributed by atoms with Gasteiger partial charge in [-0.25, -0.2) is 8.42 Å². The standard InChI is InChI=1S/C17H26N2O3S/c1-13-8-9-15(12-14(13)2)17(20)18-10-11-19(23(3,21)22)16-6-4-5-7-16/h8-9,12,16H,4-7,10-11H2,1-3H3,(H,18,20). The highest BCUT2D eigenvalue weighted by Crippen LogP contribution is 2.24. The van der Waals surface area contributed by atoms with Gasteiger partial charge in [-0.3, -0.25) is 4.79 Å². The van der Waals surface area contributed by atoms with E-state index in [2.05, 4.69) is 5.32 Å². The lowest BCUT2D eigenvalue weighted by Crippen LogP contribution is -2.43. The van der Waals surface area contributed by atoms with Crippen LogP contribution in [0.15, 0.2) is 18.2 Å². The maximum atomic E-state index is 12.2. The molecule has 1 aromatic carbocycles. The summed E-state index contributed by atoms with van der Waals surface area (Å²) >= 11 is 0. The molecule has 0 spiro atoms. The predicted molar refractivity (Wildman–Crippen MR) is 92.1 cm³/mol. The van der Waals surface area contributed by atoms with Crippen LogP contribution < -0.4 is 5.32 Å². The van der Waals surface area contributed by atoms with Crippen LogP contribution >= 0.6 is 0 Å². The molecule has 0 unspecified atom stereocenters. The molecule has 23 heavy (non-hydrogen) atoms. The van der Waals surface area contributed by atoms with Gasteiger partial charge in [0, 0.05) is 24.7 Å². The monoisotopic (exact) mass is 338 g/mol. The van der Waals surface area contributed by atoms with Crippen LogP contribution in [0.5, 0.6) is 0 Å². The Hall–Kier alpha value is -1.40. The van der Waals surface area contributed by atoms with Gasteiger partial charge in [0.05, 0.1) is 6.26 Å². The Morgan fingerprint density at radius 1 is 1.22 bits per heavy atom. The first kappa shape index (κ1) is 17.9. The number of sulfonamides is 1. The highest BCUT2D eigenvalue weighted by atomic mass is 32.2. The predicted octanol–water partition coefficient (Wildman–Crippen LogP) is 2.24. The van der Waals surface area contributed by atoms with E-state index >= 15 is 0 Å². The van der Waals surface area contributed by atoms with Crippen molar-refractivity contribution in [1.29, 1.82) is 0 Å². The Labute approximate surface area is 139 Å². The van der Waals surface area contributed by atoms with Crippen molar-refractivity contribution in [1.82, 2.24) is 9.62 Å². The molecule has 1 aromatic rings. The second-order valence-corrected chi connectivity index (χ2v) is 8.30. The third-order valence-corrected chi connectivity index (χ3v) is 5.88. The normalized spacial score (nSPS) is 16.0. The number of hydrogen-bond acceptors (Lipinski definition) is 3. The summed E-state index contributed by atoms with van der Waals surface area (Å²) in [6.45, 7) is 4.63. The van der Waals surface area contributed by atoms with Crippen molar-refractivity contribution in [3.05, 3.63) is 34.9 Å². The first-order valence-corrected chi connectivity index (χ1v) is 9.96. The maximum absolute atomic E-state index is 12.2. The highest BCUT2D eigenvalue weighted by Gasteiger charge is 2.28. The Balaban J connectivity index is 1.93. The van der Waals surface area contributed by atoms with Crippen LogP contribution in [0.3, 0.4) is 0 Å². The van der Waals surface area contributed by atoms with E-state index in [1.807, 2.05) is 26.0 Å². The molecule has 1 aliphatic carbocycles. The van der Waals surface area contributed by atoms with E-state index in [1.165, 1.54) is 6.26 Å². The molecule has 1 aliphatic rings. The van der Waals surface area contributed by atoms with Crippen molar-refractivity contribution in [3.63, 3.8) is 0 Å². The molecule has 0 atom stereocenters. The van der Waals surface area contributed by atoms with Crippen LogP contribution in [0.1, 0.15) is 47.2 Å². The summed E-state index contributed by atoms with van der Waals surface area (Å²) in [4.78, 5) is 12.2. The summed E-state index contributed by atoms with van der Waals surface area (Å²) in [5.74, 6) is -0.159. The number of benzene rings is 1. The molecule has 0 heterocycles. The number of carbonyl (C=O) groups is 1. The van der Waals surface area contributed by atoms with Gasteiger partial charge in [0.15, 0.2) is 0 Å². The van der Waals surface area contributed by atoms with E-state index in [9.17, 15) is 13.2 Å². The number of nitrogens with zero attached hydrogens (tertiary/aromatic N) is 1. The van der Waals surface area contributed by atoms with Gasteiger partial charge < -0.3 is 5.32 Å². The molecule has 1 N–H and O–H groups in total. The molecule has 1 fully saturated rings. The number of carbonyl (C=O) groups excluding carboxylic acids is 1. The molecule has 1 amide bonds. The Morgan fingerprint density at radius 3 is 2.43 bits per heavy atom. The summed E-state index contributed by atoms with van der Waals surface area (Å²) in [5.41, 5.74) is 2.83. The van der Waals surface area contributed by atoms with Gasteiger partial charge in [-0.05, 0) is 49.9 Å². The average molecular weight is 338 g/mol. The fraction of sp³-hybridized carbons (Fsp3) is 0.588. The average Bonchev–Trinajstić information content (AvgIpc) is 2.98. The van der Waals surface area contributed by atoms with Gasteiger partial charge in [0.2, 0.25) is 10.0 Å². The lowest BCUT2D eigenvalue weighted by molar-refractivity contribution is 0.0950. The molecule has 6 heteroatoms. The minimum absolute atomic E-state index is 0.0866. The zero-order valence-electron chi connectivity index (χ0n) is 14.1. The molecule has 0 bridgehead atoms. The van der Waals surface area contributed by atoms with Crippen LogP contribution in [0.4, 0.5) is 0 Å². The van der Waals surface area contributed by atoms with E-state index in [0.717, 1.165) is 36.8 Å². The van der Waals surface area contributed by atoms with Gasteiger partial charge in [-0.1, -0.05) is 18.9 Å². The number of rotatable bonds is 6. The fourth-order valence-electron chi connectivity index (χ4n) is 3.08. The summed E-state index contributed by atoms with van der Waals surface area (Å²) in [6, 6.07) is 5.66. The Kier molecular flexibility index (Phi) is 5.81. The second kappa shape index (κ2) is 7.45. The van der Waals surface area contributed by atoms with Crippen molar-refractivity contribution in [2.75, 3.05) is 19.3 Å². The molecule has 5 nitrogen and oxygen atoms in total. The van der Waals surface area contributed by atoms with Crippen molar-refractivity contribution >= 4 is 15.9 Å². The summed E-state index contributed by atoms with van der Waals surface area (Å²) < 4.78 is 25.5. The number of nitrogens with one attached hydrogen (secondary N) is 1. The molecular formula is C17H26N2O3S. The van der Waals surface area contributed by atoms with Crippen LogP contribution in [0, 0.1) is 13.8 Å². The quantitative estimate of drug-likeness (QED) is 0.865. The zero-order chi connectivity index (χ0) is 17.0. The van der Waals surface area contributed by atoms with Gasteiger partial charge in [-0.15, -0.1) is 0 Å². The summed E-state index contributed by atoms with van der Waals surface area (Å²) in [6.07, 6.45) is 5.23. The molecule has 128 valence electrons. The zero-order valence-corrected chi connectivity index (χ0v) is 14.9. The molecule has 0 aliphatic heterocycles. The topological polar surface area (TPSA) is 66.5 Å². The fourth-order valence-corrected chi connectivity index (χ4v) is 4.25. The van der Waals surface area contributed by atoms with E-state index in [1.54, 1.807) is 10.4 Å². The molecule has 0 saturated heterocycles. The lowest BCUT2D eigenvalue weighted by atomic mass is 10.1. The van der Waals surface area contributed by atoms with Crippen molar-refractivity contribution in [2.24, 2.45) is 0 Å². The second-order valence-electron chi connectivity index (χ2n) is 6.37. The minimum atomic E-state index is -3.24. The number of amides is 1. The Bertz CT molecular complexity index is 664. The van der Waals surface area contributed by atoms with E-state index in [-0.39, 0.29) is 11.9 Å². The molecule has 0 radical (unpaired) electrons.